The maximum absolute atomic E-state index is 11.9. The van der Waals surface area contributed by atoms with Gasteiger partial charge in [0.05, 0.1) is 10.7 Å². The van der Waals surface area contributed by atoms with Crippen molar-refractivity contribution in [3.05, 3.63) is 53.1 Å². The first kappa shape index (κ1) is 12.3. The van der Waals surface area contributed by atoms with Gasteiger partial charge in [0.1, 0.15) is 0 Å². The van der Waals surface area contributed by atoms with Crippen molar-refractivity contribution >= 4 is 34.6 Å². The highest BCUT2D eigenvalue weighted by Crippen LogP contribution is 2.23. The number of carbonyl (C=O) groups is 1. The maximum atomic E-state index is 11.9. The second-order valence-corrected chi connectivity index (χ2v) is 4.22. The van der Waals surface area contributed by atoms with Crippen molar-refractivity contribution in [2.45, 2.75) is 0 Å². The molecule has 0 atom stereocenters. The summed E-state index contributed by atoms with van der Waals surface area (Å²) in [6.45, 7) is 0. The maximum Gasteiger partial charge on any atom is 0.255 e. The van der Waals surface area contributed by atoms with Gasteiger partial charge in [-0.1, -0.05) is 11.6 Å². The van der Waals surface area contributed by atoms with E-state index in [0.717, 1.165) is 0 Å². The lowest BCUT2D eigenvalue weighted by Gasteiger charge is -2.07. The van der Waals surface area contributed by atoms with E-state index in [1.54, 1.807) is 42.5 Å². The number of nitrogen functional groups attached to an aromatic ring is 2. The number of anilines is 3. The zero-order chi connectivity index (χ0) is 13.1. The third kappa shape index (κ3) is 2.73. The van der Waals surface area contributed by atoms with Crippen molar-refractivity contribution in [3.63, 3.8) is 0 Å². The standard InChI is InChI=1S/C13H12ClN3O/c14-11-7-10(5-6-12(11)16)17-13(18)8-1-3-9(15)4-2-8/h1-7H,15-16H2,(H,17,18). The summed E-state index contributed by atoms with van der Waals surface area (Å²) in [6, 6.07) is 11.6. The molecule has 5 N–H and O–H groups in total. The second-order valence-electron chi connectivity index (χ2n) is 3.81. The summed E-state index contributed by atoms with van der Waals surface area (Å²) >= 11 is 5.87. The minimum absolute atomic E-state index is 0.226. The van der Waals surface area contributed by atoms with Crippen LogP contribution in [0.5, 0.6) is 0 Å². The molecule has 0 aromatic heterocycles. The van der Waals surface area contributed by atoms with Crippen LogP contribution in [0.2, 0.25) is 5.02 Å². The number of halogens is 1. The largest absolute Gasteiger partial charge is 0.399 e. The lowest BCUT2D eigenvalue weighted by molar-refractivity contribution is 0.102. The molecular weight excluding hydrogens is 250 g/mol. The van der Waals surface area contributed by atoms with Gasteiger partial charge in [-0.25, -0.2) is 0 Å². The Balaban J connectivity index is 2.16. The summed E-state index contributed by atoms with van der Waals surface area (Å²) in [5, 5.41) is 3.13. The summed E-state index contributed by atoms with van der Waals surface area (Å²) in [5.74, 6) is -0.226. The van der Waals surface area contributed by atoms with Crippen LogP contribution in [0, 0.1) is 0 Å². The SMILES string of the molecule is Nc1ccc(C(=O)Nc2ccc(N)c(Cl)c2)cc1. The quantitative estimate of drug-likeness (QED) is 0.727. The molecule has 2 aromatic rings. The Hall–Kier alpha value is -2.20. The van der Waals surface area contributed by atoms with E-state index in [1.807, 2.05) is 0 Å². The van der Waals surface area contributed by atoms with Crippen LogP contribution in [0.15, 0.2) is 42.5 Å². The second kappa shape index (κ2) is 4.98. The fourth-order valence-corrected chi connectivity index (χ4v) is 1.62. The van der Waals surface area contributed by atoms with Crippen molar-refractivity contribution in [2.75, 3.05) is 16.8 Å². The van der Waals surface area contributed by atoms with E-state index in [1.165, 1.54) is 0 Å². The fourth-order valence-electron chi connectivity index (χ4n) is 1.44. The van der Waals surface area contributed by atoms with Crippen molar-refractivity contribution in [1.29, 1.82) is 0 Å². The van der Waals surface area contributed by atoms with E-state index in [4.69, 9.17) is 23.1 Å². The molecule has 0 fully saturated rings. The van der Waals surface area contributed by atoms with Gasteiger partial charge in [0, 0.05) is 16.9 Å². The predicted octanol–water partition coefficient (Wildman–Crippen LogP) is 2.76. The van der Waals surface area contributed by atoms with Gasteiger partial charge in [-0.15, -0.1) is 0 Å². The Morgan fingerprint density at radius 3 is 2.33 bits per heavy atom. The number of hydrogen-bond donors (Lipinski definition) is 3. The van der Waals surface area contributed by atoms with Gasteiger partial charge in [0.25, 0.3) is 5.91 Å². The van der Waals surface area contributed by atoms with Gasteiger partial charge >= 0.3 is 0 Å². The van der Waals surface area contributed by atoms with Crippen LogP contribution < -0.4 is 16.8 Å². The van der Waals surface area contributed by atoms with E-state index in [9.17, 15) is 4.79 Å². The Labute approximate surface area is 110 Å². The van der Waals surface area contributed by atoms with Gasteiger partial charge in [-0.2, -0.15) is 0 Å². The highest BCUT2D eigenvalue weighted by molar-refractivity contribution is 6.33. The Morgan fingerprint density at radius 2 is 1.72 bits per heavy atom. The van der Waals surface area contributed by atoms with Gasteiger partial charge < -0.3 is 16.8 Å². The lowest BCUT2D eigenvalue weighted by Crippen LogP contribution is -2.11. The average Bonchev–Trinajstić information content (AvgIpc) is 2.34. The van der Waals surface area contributed by atoms with Gasteiger partial charge in [0.2, 0.25) is 0 Å². The molecule has 2 aromatic carbocycles. The van der Waals surface area contributed by atoms with Gasteiger partial charge in [-0.3, -0.25) is 4.79 Å². The van der Waals surface area contributed by atoms with Crippen LogP contribution in [0.4, 0.5) is 17.1 Å². The molecule has 92 valence electrons. The molecular formula is C13H12ClN3O. The van der Waals surface area contributed by atoms with E-state index in [0.29, 0.717) is 27.6 Å². The van der Waals surface area contributed by atoms with Crippen LogP contribution in [0.1, 0.15) is 10.4 Å². The lowest BCUT2D eigenvalue weighted by atomic mass is 10.2. The minimum Gasteiger partial charge on any atom is -0.399 e. The molecule has 0 aliphatic carbocycles. The number of benzene rings is 2. The van der Waals surface area contributed by atoms with Crippen LogP contribution in [0.25, 0.3) is 0 Å². The molecule has 5 heteroatoms. The summed E-state index contributed by atoms with van der Waals surface area (Å²) in [5.41, 5.74) is 13.3. The number of carbonyl (C=O) groups excluding carboxylic acids is 1. The molecule has 0 spiro atoms. The number of amides is 1. The molecule has 0 saturated heterocycles. The molecule has 4 nitrogen and oxygen atoms in total. The van der Waals surface area contributed by atoms with E-state index in [-0.39, 0.29) is 5.91 Å². The molecule has 0 unspecified atom stereocenters. The van der Waals surface area contributed by atoms with Gasteiger partial charge in [0.15, 0.2) is 0 Å². The van der Waals surface area contributed by atoms with Crippen molar-refractivity contribution in [3.8, 4) is 0 Å². The zero-order valence-corrected chi connectivity index (χ0v) is 10.2. The minimum atomic E-state index is -0.226. The van der Waals surface area contributed by atoms with Crippen LogP contribution in [0.3, 0.4) is 0 Å². The number of nitrogens with one attached hydrogen (secondary N) is 1. The fraction of sp³-hybridized carbons (Fsp3) is 0. The Morgan fingerprint density at radius 1 is 1.06 bits per heavy atom. The molecule has 0 saturated carbocycles. The molecule has 0 heterocycles. The normalized spacial score (nSPS) is 10.1. The van der Waals surface area contributed by atoms with Crippen LogP contribution in [-0.4, -0.2) is 5.91 Å². The van der Waals surface area contributed by atoms with E-state index < -0.39 is 0 Å². The first-order valence-electron chi connectivity index (χ1n) is 5.28. The van der Waals surface area contributed by atoms with Crippen LogP contribution in [-0.2, 0) is 0 Å². The molecule has 18 heavy (non-hydrogen) atoms. The molecule has 0 aliphatic heterocycles. The Kier molecular flexibility index (Phi) is 3.39. The molecule has 0 aliphatic rings. The third-order valence-electron chi connectivity index (χ3n) is 2.43. The average molecular weight is 262 g/mol. The molecule has 0 bridgehead atoms. The first-order chi connectivity index (χ1) is 8.56. The number of hydrogen-bond acceptors (Lipinski definition) is 3. The monoisotopic (exact) mass is 261 g/mol. The summed E-state index contributed by atoms with van der Waals surface area (Å²) in [7, 11) is 0. The van der Waals surface area contributed by atoms with Gasteiger partial charge in [-0.05, 0) is 42.5 Å². The molecule has 0 radical (unpaired) electrons. The van der Waals surface area contributed by atoms with Crippen molar-refractivity contribution in [1.82, 2.24) is 0 Å². The van der Waals surface area contributed by atoms with E-state index in [2.05, 4.69) is 5.32 Å². The molecule has 2 rings (SSSR count). The number of rotatable bonds is 2. The smallest absolute Gasteiger partial charge is 0.255 e. The Bertz CT molecular complexity index is 581. The first-order valence-corrected chi connectivity index (χ1v) is 5.66. The topological polar surface area (TPSA) is 81.1 Å². The summed E-state index contributed by atoms with van der Waals surface area (Å²) < 4.78 is 0. The summed E-state index contributed by atoms with van der Waals surface area (Å²) in [6.07, 6.45) is 0. The highest BCUT2D eigenvalue weighted by Gasteiger charge is 2.06. The van der Waals surface area contributed by atoms with E-state index >= 15 is 0 Å². The van der Waals surface area contributed by atoms with Crippen LogP contribution >= 0.6 is 11.6 Å². The highest BCUT2D eigenvalue weighted by atomic mass is 35.5. The molecule has 1 amide bonds. The summed E-state index contributed by atoms with van der Waals surface area (Å²) in [4.78, 5) is 11.9. The zero-order valence-electron chi connectivity index (χ0n) is 9.48. The van der Waals surface area contributed by atoms with Crippen molar-refractivity contribution < 1.29 is 4.79 Å². The van der Waals surface area contributed by atoms with Crippen molar-refractivity contribution in [2.24, 2.45) is 0 Å². The predicted molar refractivity (Wildman–Crippen MR) is 74.7 cm³/mol. The number of nitrogens with two attached hydrogens (primary N) is 2. The third-order valence-corrected chi connectivity index (χ3v) is 2.76.